The molecule has 0 aliphatic rings. The number of nitrogens with zero attached hydrogens (tertiary/aromatic N) is 1. The SMILES string of the molecule is COc1cc2nc(-c3ccc(C)c(NC(=O)/C=C/C(=O)O)c3)[nH]c2cc1OC. The number of hydrogen-bond donors (Lipinski definition) is 3. The van der Waals surface area contributed by atoms with Crippen LogP contribution in [-0.4, -0.2) is 41.2 Å². The summed E-state index contributed by atoms with van der Waals surface area (Å²) in [6.07, 6.45) is 1.75. The molecule has 0 bridgehead atoms. The number of imidazole rings is 1. The molecule has 1 amide bonds. The highest BCUT2D eigenvalue weighted by Gasteiger charge is 2.12. The van der Waals surface area contributed by atoms with Crippen molar-refractivity contribution in [3.05, 3.63) is 48.0 Å². The van der Waals surface area contributed by atoms with Crippen LogP contribution in [0, 0.1) is 6.92 Å². The van der Waals surface area contributed by atoms with Crippen molar-refractivity contribution in [3.63, 3.8) is 0 Å². The summed E-state index contributed by atoms with van der Waals surface area (Å²) in [5.41, 5.74) is 3.65. The molecule has 1 heterocycles. The third-order valence-corrected chi connectivity index (χ3v) is 4.13. The highest BCUT2D eigenvalue weighted by molar-refractivity contribution is 6.03. The lowest BCUT2D eigenvalue weighted by atomic mass is 10.1. The lowest BCUT2D eigenvalue weighted by Crippen LogP contribution is -2.10. The first-order valence-corrected chi connectivity index (χ1v) is 8.36. The van der Waals surface area contributed by atoms with Crippen molar-refractivity contribution in [2.45, 2.75) is 6.92 Å². The number of amides is 1. The quantitative estimate of drug-likeness (QED) is 0.565. The molecule has 1 aromatic heterocycles. The maximum Gasteiger partial charge on any atom is 0.328 e. The van der Waals surface area contributed by atoms with Crippen molar-refractivity contribution in [1.29, 1.82) is 0 Å². The second-order valence-corrected chi connectivity index (χ2v) is 6.00. The minimum Gasteiger partial charge on any atom is -0.493 e. The molecule has 3 N–H and O–H groups in total. The number of anilines is 1. The van der Waals surface area contributed by atoms with Gasteiger partial charge in [-0.2, -0.15) is 0 Å². The molecule has 0 saturated carbocycles. The smallest absolute Gasteiger partial charge is 0.328 e. The Morgan fingerprint density at radius 3 is 2.50 bits per heavy atom. The lowest BCUT2D eigenvalue weighted by Gasteiger charge is -2.08. The molecule has 2 aromatic carbocycles. The molecule has 0 fully saturated rings. The van der Waals surface area contributed by atoms with Crippen LogP contribution in [0.3, 0.4) is 0 Å². The van der Waals surface area contributed by atoms with E-state index in [9.17, 15) is 9.59 Å². The van der Waals surface area contributed by atoms with Crippen LogP contribution in [0.25, 0.3) is 22.4 Å². The van der Waals surface area contributed by atoms with E-state index < -0.39 is 11.9 Å². The molecule has 0 unspecified atom stereocenters. The fourth-order valence-corrected chi connectivity index (χ4v) is 2.70. The second-order valence-electron chi connectivity index (χ2n) is 6.00. The number of aromatic nitrogens is 2. The molecule has 0 atom stereocenters. The van der Waals surface area contributed by atoms with Crippen molar-refractivity contribution in [3.8, 4) is 22.9 Å². The number of carbonyl (C=O) groups excluding carboxylic acids is 1. The van der Waals surface area contributed by atoms with Gasteiger partial charge in [0.2, 0.25) is 5.91 Å². The van der Waals surface area contributed by atoms with Gasteiger partial charge in [0.1, 0.15) is 5.82 Å². The molecule has 8 heteroatoms. The van der Waals surface area contributed by atoms with Crippen LogP contribution in [0.1, 0.15) is 5.56 Å². The number of rotatable bonds is 6. The van der Waals surface area contributed by atoms with Crippen molar-refractivity contribution >= 4 is 28.6 Å². The number of methoxy groups -OCH3 is 2. The van der Waals surface area contributed by atoms with E-state index in [-0.39, 0.29) is 0 Å². The molecule has 0 aliphatic carbocycles. The predicted molar refractivity (Wildman–Crippen MR) is 105 cm³/mol. The zero-order chi connectivity index (χ0) is 20.3. The maximum atomic E-state index is 11.9. The fourth-order valence-electron chi connectivity index (χ4n) is 2.70. The molecule has 0 radical (unpaired) electrons. The summed E-state index contributed by atoms with van der Waals surface area (Å²) in [5.74, 6) is 0.0692. The van der Waals surface area contributed by atoms with Crippen LogP contribution in [0.15, 0.2) is 42.5 Å². The normalized spacial score (nSPS) is 11.0. The Kier molecular flexibility index (Phi) is 5.30. The Balaban J connectivity index is 1.95. The van der Waals surface area contributed by atoms with Gasteiger partial charge in [-0.25, -0.2) is 9.78 Å². The Morgan fingerprint density at radius 1 is 1.11 bits per heavy atom. The number of ether oxygens (including phenoxy) is 2. The summed E-state index contributed by atoms with van der Waals surface area (Å²) in [6, 6.07) is 9.08. The molecule has 0 aliphatic heterocycles. The van der Waals surface area contributed by atoms with Crippen LogP contribution >= 0.6 is 0 Å². The number of aliphatic carboxylic acids is 1. The van der Waals surface area contributed by atoms with Crippen LogP contribution in [-0.2, 0) is 9.59 Å². The van der Waals surface area contributed by atoms with Gasteiger partial charge in [0.05, 0.1) is 25.3 Å². The fraction of sp³-hybridized carbons (Fsp3) is 0.150. The van der Waals surface area contributed by atoms with Gasteiger partial charge >= 0.3 is 5.97 Å². The summed E-state index contributed by atoms with van der Waals surface area (Å²) >= 11 is 0. The number of fused-ring (bicyclic) bond motifs is 1. The summed E-state index contributed by atoms with van der Waals surface area (Å²) in [7, 11) is 3.12. The largest absolute Gasteiger partial charge is 0.493 e. The van der Waals surface area contributed by atoms with Gasteiger partial charge in [0.25, 0.3) is 0 Å². The van der Waals surface area contributed by atoms with Crippen molar-refractivity contribution in [2.75, 3.05) is 19.5 Å². The molecule has 144 valence electrons. The number of hydrogen-bond acceptors (Lipinski definition) is 5. The van der Waals surface area contributed by atoms with Crippen molar-refractivity contribution < 1.29 is 24.2 Å². The average Bonchev–Trinajstić information content (AvgIpc) is 3.09. The topological polar surface area (TPSA) is 114 Å². The van der Waals surface area contributed by atoms with E-state index in [1.807, 2.05) is 19.1 Å². The molecule has 28 heavy (non-hydrogen) atoms. The predicted octanol–water partition coefficient (Wildman–Crippen LogP) is 3.13. The van der Waals surface area contributed by atoms with Gasteiger partial charge in [0.15, 0.2) is 11.5 Å². The number of carbonyl (C=O) groups is 2. The minimum atomic E-state index is -1.19. The van der Waals surface area contributed by atoms with Crippen molar-refractivity contribution in [1.82, 2.24) is 9.97 Å². The molecule has 3 aromatic rings. The molecule has 0 spiro atoms. The number of aromatic amines is 1. The van der Waals surface area contributed by atoms with E-state index in [1.165, 1.54) is 0 Å². The van der Waals surface area contributed by atoms with Gasteiger partial charge in [-0.15, -0.1) is 0 Å². The van der Waals surface area contributed by atoms with E-state index in [0.717, 1.165) is 28.8 Å². The highest BCUT2D eigenvalue weighted by atomic mass is 16.5. The van der Waals surface area contributed by atoms with E-state index in [0.29, 0.717) is 28.5 Å². The first-order chi connectivity index (χ1) is 13.4. The first-order valence-electron chi connectivity index (χ1n) is 8.36. The number of carboxylic acid groups (broad SMARTS) is 1. The number of benzene rings is 2. The van der Waals surface area contributed by atoms with Crippen LogP contribution in [0.5, 0.6) is 11.5 Å². The first kappa shape index (κ1) is 19.0. The van der Waals surface area contributed by atoms with E-state index in [4.69, 9.17) is 14.6 Å². The molecule has 8 nitrogen and oxygen atoms in total. The lowest BCUT2D eigenvalue weighted by molar-refractivity contribution is -0.131. The summed E-state index contributed by atoms with van der Waals surface area (Å²) < 4.78 is 10.6. The summed E-state index contributed by atoms with van der Waals surface area (Å²) in [5, 5.41) is 11.3. The van der Waals surface area contributed by atoms with Crippen LogP contribution < -0.4 is 14.8 Å². The standard InChI is InChI=1S/C20H19N3O5/c1-11-4-5-12(8-13(11)21-18(24)6-7-19(25)26)20-22-14-9-16(27-2)17(28-3)10-15(14)23-20/h4-10H,1-3H3,(H,21,24)(H,22,23)(H,25,26)/b7-6+. The van der Waals surface area contributed by atoms with Crippen LogP contribution in [0.2, 0.25) is 0 Å². The maximum absolute atomic E-state index is 11.9. The van der Waals surface area contributed by atoms with Crippen molar-refractivity contribution in [2.24, 2.45) is 0 Å². The third-order valence-electron chi connectivity index (χ3n) is 4.13. The molecule has 0 saturated heterocycles. The summed E-state index contributed by atoms with van der Waals surface area (Å²) in [6.45, 7) is 1.84. The molecular weight excluding hydrogens is 362 g/mol. The Morgan fingerprint density at radius 2 is 1.82 bits per heavy atom. The van der Waals surface area contributed by atoms with E-state index >= 15 is 0 Å². The van der Waals surface area contributed by atoms with Gasteiger partial charge < -0.3 is 24.9 Å². The van der Waals surface area contributed by atoms with Crippen LogP contribution in [0.4, 0.5) is 5.69 Å². The van der Waals surface area contributed by atoms with Gasteiger partial charge in [-0.05, 0) is 18.6 Å². The Labute approximate surface area is 160 Å². The molecule has 3 rings (SSSR count). The average molecular weight is 381 g/mol. The number of aryl methyl sites for hydroxylation is 1. The third kappa shape index (κ3) is 3.96. The van der Waals surface area contributed by atoms with Gasteiger partial charge in [-0.1, -0.05) is 12.1 Å². The molecular formula is C20H19N3O5. The number of nitrogens with one attached hydrogen (secondary N) is 2. The zero-order valence-electron chi connectivity index (χ0n) is 15.6. The number of H-pyrrole nitrogens is 1. The highest BCUT2D eigenvalue weighted by Crippen LogP contribution is 2.33. The monoisotopic (exact) mass is 381 g/mol. The van der Waals surface area contributed by atoms with E-state index in [2.05, 4.69) is 15.3 Å². The Hall–Kier alpha value is -3.81. The Bertz CT molecular complexity index is 1040. The minimum absolute atomic E-state index is 0.526. The van der Waals surface area contributed by atoms with E-state index in [1.54, 1.807) is 32.4 Å². The van der Waals surface area contributed by atoms with Gasteiger partial charge in [-0.3, -0.25) is 4.79 Å². The second kappa shape index (κ2) is 7.83. The summed E-state index contributed by atoms with van der Waals surface area (Å²) in [4.78, 5) is 30.2. The zero-order valence-corrected chi connectivity index (χ0v) is 15.6. The van der Waals surface area contributed by atoms with Gasteiger partial charge in [0, 0.05) is 35.5 Å². The number of carboxylic acids is 1.